The van der Waals surface area contributed by atoms with Crippen LogP contribution in [0.15, 0.2) is 9.95 Å². The lowest BCUT2D eigenvalue weighted by Crippen LogP contribution is -2.30. The molecule has 8 heteroatoms. The third kappa shape index (κ3) is 4.37. The van der Waals surface area contributed by atoms with E-state index in [0.717, 1.165) is 48.9 Å². The number of hydrogen-bond acceptors (Lipinski definition) is 6. The molecule has 2 aromatic heterocycles. The average Bonchev–Trinajstić information content (AvgIpc) is 3.34. The Labute approximate surface area is 178 Å². The number of thioether (sulfide) groups is 1. The Morgan fingerprint density at radius 2 is 2.34 bits per heavy atom. The van der Waals surface area contributed by atoms with Crippen LogP contribution in [0.1, 0.15) is 36.6 Å². The van der Waals surface area contributed by atoms with Crippen molar-refractivity contribution in [2.24, 2.45) is 5.92 Å². The largest absolute Gasteiger partial charge is 0.376 e. The Balaban J connectivity index is 1.70. The fraction of sp³-hybridized carbons (Fsp3) is 0.571. The molecule has 2 atom stereocenters. The number of nitrogens with zero attached hydrogens (tertiary/aromatic N) is 2. The van der Waals surface area contributed by atoms with E-state index >= 15 is 0 Å². The maximum atomic E-state index is 13.5. The van der Waals surface area contributed by atoms with E-state index in [2.05, 4.69) is 18.2 Å². The standard InChI is InChI=1S/C21H25N3O3S2/c1-3-8-22-17(25)12-28-21-23-19-18(15-7-6-13(2)10-16(15)29-19)20(26)24(21)11-14-5-4-9-27-14/h1,13-14H,4-12H2,2H3,(H,22,25). The second-order valence-corrected chi connectivity index (χ2v) is 9.77. The van der Waals surface area contributed by atoms with E-state index in [1.54, 1.807) is 15.9 Å². The highest BCUT2D eigenvalue weighted by Gasteiger charge is 2.26. The number of carbonyl (C=O) groups excluding carboxylic acids is 1. The van der Waals surface area contributed by atoms with E-state index in [1.807, 2.05) is 0 Å². The number of hydrogen-bond donors (Lipinski definition) is 1. The first-order chi connectivity index (χ1) is 14.1. The molecule has 154 valence electrons. The Morgan fingerprint density at radius 3 is 3.10 bits per heavy atom. The minimum atomic E-state index is -0.162. The zero-order chi connectivity index (χ0) is 20.4. The molecule has 0 aromatic carbocycles. The first kappa shape index (κ1) is 20.5. The molecule has 4 rings (SSSR count). The second kappa shape index (κ2) is 8.90. The smallest absolute Gasteiger partial charge is 0.263 e. The Hall–Kier alpha value is -1.82. The van der Waals surface area contributed by atoms with Gasteiger partial charge in [-0.2, -0.15) is 0 Å². The fourth-order valence-corrected chi connectivity index (χ4v) is 6.26. The molecule has 6 nitrogen and oxygen atoms in total. The van der Waals surface area contributed by atoms with E-state index < -0.39 is 0 Å². The quantitative estimate of drug-likeness (QED) is 0.432. The van der Waals surface area contributed by atoms with Crippen LogP contribution in [0, 0.1) is 18.3 Å². The summed E-state index contributed by atoms with van der Waals surface area (Å²) in [4.78, 5) is 32.4. The number of fused-ring (bicyclic) bond motifs is 3. The van der Waals surface area contributed by atoms with Crippen molar-refractivity contribution in [3.8, 4) is 12.3 Å². The minimum Gasteiger partial charge on any atom is -0.376 e. The lowest BCUT2D eigenvalue weighted by Gasteiger charge is -2.18. The summed E-state index contributed by atoms with van der Waals surface area (Å²) in [5.74, 6) is 3.04. The molecule has 1 amide bonds. The average molecular weight is 432 g/mol. The molecule has 3 heterocycles. The summed E-state index contributed by atoms with van der Waals surface area (Å²) in [6.45, 7) is 3.67. The highest BCUT2D eigenvalue weighted by Crippen LogP contribution is 2.36. The van der Waals surface area contributed by atoms with Gasteiger partial charge in [0.05, 0.1) is 30.3 Å². The lowest BCUT2D eigenvalue weighted by atomic mass is 9.89. The van der Waals surface area contributed by atoms with Gasteiger partial charge in [-0.15, -0.1) is 17.8 Å². The van der Waals surface area contributed by atoms with Gasteiger partial charge in [0.1, 0.15) is 4.83 Å². The van der Waals surface area contributed by atoms with Crippen LogP contribution in [0.5, 0.6) is 0 Å². The molecular weight excluding hydrogens is 406 g/mol. The zero-order valence-electron chi connectivity index (χ0n) is 16.5. The molecule has 1 N–H and O–H groups in total. The van der Waals surface area contributed by atoms with Crippen LogP contribution in [0.4, 0.5) is 0 Å². The molecule has 29 heavy (non-hydrogen) atoms. The van der Waals surface area contributed by atoms with Crippen LogP contribution in [-0.4, -0.2) is 40.5 Å². The molecular formula is C21H25N3O3S2. The van der Waals surface area contributed by atoms with E-state index in [-0.39, 0.29) is 29.9 Å². The summed E-state index contributed by atoms with van der Waals surface area (Å²) in [5, 5.41) is 4.02. The fourth-order valence-electron chi connectivity index (χ4n) is 4.00. The second-order valence-electron chi connectivity index (χ2n) is 7.75. The highest BCUT2D eigenvalue weighted by molar-refractivity contribution is 7.99. The van der Waals surface area contributed by atoms with Crippen molar-refractivity contribution in [1.29, 1.82) is 0 Å². The van der Waals surface area contributed by atoms with Gasteiger partial charge in [0, 0.05) is 11.5 Å². The van der Waals surface area contributed by atoms with E-state index in [4.69, 9.17) is 16.1 Å². The zero-order valence-corrected chi connectivity index (χ0v) is 18.2. The Morgan fingerprint density at radius 1 is 1.48 bits per heavy atom. The molecule has 0 radical (unpaired) electrons. The third-order valence-electron chi connectivity index (χ3n) is 5.51. The van der Waals surface area contributed by atoms with Crippen LogP contribution in [0.25, 0.3) is 10.2 Å². The molecule has 0 spiro atoms. The van der Waals surface area contributed by atoms with Crippen molar-refractivity contribution >= 4 is 39.2 Å². The van der Waals surface area contributed by atoms with E-state index in [9.17, 15) is 9.59 Å². The number of carbonyl (C=O) groups is 1. The Bertz CT molecular complexity index is 1010. The topological polar surface area (TPSA) is 73.2 Å². The molecule has 0 bridgehead atoms. The van der Waals surface area contributed by atoms with Crippen LogP contribution in [0.2, 0.25) is 0 Å². The number of rotatable bonds is 6. The summed E-state index contributed by atoms with van der Waals surface area (Å²) in [7, 11) is 0. The highest BCUT2D eigenvalue weighted by atomic mass is 32.2. The number of terminal acetylenes is 1. The predicted octanol–water partition coefficient (Wildman–Crippen LogP) is 2.60. The third-order valence-corrected chi connectivity index (χ3v) is 7.64. The predicted molar refractivity (Wildman–Crippen MR) is 117 cm³/mol. The van der Waals surface area contributed by atoms with Gasteiger partial charge in [-0.3, -0.25) is 14.2 Å². The summed E-state index contributed by atoms with van der Waals surface area (Å²) < 4.78 is 7.49. The van der Waals surface area contributed by atoms with Gasteiger partial charge in [-0.25, -0.2) is 4.98 Å². The number of aromatic nitrogens is 2. The molecule has 1 fully saturated rings. The van der Waals surface area contributed by atoms with Gasteiger partial charge in [0.25, 0.3) is 5.56 Å². The van der Waals surface area contributed by atoms with Crippen LogP contribution in [-0.2, 0) is 28.9 Å². The first-order valence-corrected chi connectivity index (χ1v) is 11.9. The summed E-state index contributed by atoms with van der Waals surface area (Å²) in [6.07, 6.45) is 10.2. The minimum absolute atomic E-state index is 0.00378. The van der Waals surface area contributed by atoms with Gasteiger partial charge in [-0.1, -0.05) is 24.6 Å². The first-order valence-electron chi connectivity index (χ1n) is 10.1. The van der Waals surface area contributed by atoms with Crippen molar-refractivity contribution in [2.45, 2.75) is 56.8 Å². The van der Waals surface area contributed by atoms with E-state index in [0.29, 0.717) is 17.6 Å². The summed E-state index contributed by atoms with van der Waals surface area (Å²) in [5.41, 5.74) is 1.19. The normalized spacial score (nSPS) is 21.1. The van der Waals surface area contributed by atoms with Gasteiger partial charge in [-0.05, 0) is 43.6 Å². The van der Waals surface area contributed by atoms with E-state index in [1.165, 1.54) is 22.2 Å². The molecule has 0 saturated carbocycles. The van der Waals surface area contributed by atoms with Crippen molar-refractivity contribution < 1.29 is 9.53 Å². The molecule has 2 aromatic rings. The molecule has 1 aliphatic carbocycles. The molecule has 2 unspecified atom stereocenters. The maximum Gasteiger partial charge on any atom is 0.263 e. The van der Waals surface area contributed by atoms with Gasteiger partial charge >= 0.3 is 0 Å². The molecule has 2 aliphatic rings. The number of thiophene rings is 1. The number of ether oxygens (including phenoxy) is 1. The van der Waals surface area contributed by atoms with Gasteiger partial charge in [0.15, 0.2) is 5.16 Å². The van der Waals surface area contributed by atoms with Crippen molar-refractivity contribution in [1.82, 2.24) is 14.9 Å². The monoisotopic (exact) mass is 431 g/mol. The summed E-state index contributed by atoms with van der Waals surface area (Å²) >= 11 is 2.92. The van der Waals surface area contributed by atoms with Gasteiger partial charge < -0.3 is 10.1 Å². The van der Waals surface area contributed by atoms with Crippen molar-refractivity contribution in [3.05, 3.63) is 20.8 Å². The van der Waals surface area contributed by atoms with Crippen molar-refractivity contribution in [3.63, 3.8) is 0 Å². The number of aryl methyl sites for hydroxylation is 1. The van der Waals surface area contributed by atoms with Crippen molar-refractivity contribution in [2.75, 3.05) is 18.9 Å². The van der Waals surface area contributed by atoms with Crippen LogP contribution < -0.4 is 10.9 Å². The lowest BCUT2D eigenvalue weighted by molar-refractivity contribution is -0.118. The summed E-state index contributed by atoms with van der Waals surface area (Å²) in [6, 6.07) is 0. The number of nitrogens with one attached hydrogen (secondary N) is 1. The van der Waals surface area contributed by atoms with Crippen LogP contribution in [0.3, 0.4) is 0 Å². The maximum absolute atomic E-state index is 13.5. The Kier molecular flexibility index (Phi) is 6.28. The molecule has 1 aliphatic heterocycles. The number of amides is 1. The van der Waals surface area contributed by atoms with Gasteiger partial charge in [0.2, 0.25) is 5.91 Å². The SMILES string of the molecule is C#CCNC(=O)CSc1nc2sc3c(c2c(=O)n1CC1CCCO1)CCC(C)C3. The molecule has 1 saturated heterocycles. The van der Waals surface area contributed by atoms with Crippen LogP contribution >= 0.6 is 23.1 Å².